The lowest BCUT2D eigenvalue weighted by molar-refractivity contribution is 0.398. The zero-order chi connectivity index (χ0) is 11.3. The molecule has 0 aliphatic heterocycles. The van der Waals surface area contributed by atoms with Crippen molar-refractivity contribution < 1.29 is 4.74 Å². The maximum Gasteiger partial charge on any atom is 0.212 e. The average molecular weight is 205 g/mol. The van der Waals surface area contributed by atoms with Crippen LogP contribution < -0.4 is 4.74 Å². The number of nitrogens with zero attached hydrogens (tertiary/aromatic N) is 1. The summed E-state index contributed by atoms with van der Waals surface area (Å²) in [7, 11) is 1.62. The molecule has 1 rings (SSSR count). The third kappa shape index (κ3) is 4.63. The molecule has 0 saturated heterocycles. The summed E-state index contributed by atoms with van der Waals surface area (Å²) in [6.07, 6.45) is 7.16. The standard InChI is InChI=1S/C13H19NO/c1-13(2,3)9-5-6-11-7-8-12(15-4)14-10-11/h5-8,10H,9H2,1-4H3/b6-5+. The summed E-state index contributed by atoms with van der Waals surface area (Å²) in [6, 6.07) is 3.88. The molecule has 2 heteroatoms. The Bertz CT molecular complexity index is 319. The van der Waals surface area contributed by atoms with Crippen LogP contribution in [0.3, 0.4) is 0 Å². The molecule has 82 valence electrons. The minimum Gasteiger partial charge on any atom is -0.481 e. The number of hydrogen-bond acceptors (Lipinski definition) is 2. The predicted molar refractivity (Wildman–Crippen MR) is 63.9 cm³/mol. The highest BCUT2D eigenvalue weighted by Crippen LogP contribution is 2.19. The van der Waals surface area contributed by atoms with Crippen LogP contribution in [-0.4, -0.2) is 12.1 Å². The van der Waals surface area contributed by atoms with Gasteiger partial charge in [0.25, 0.3) is 0 Å². The minimum atomic E-state index is 0.344. The first kappa shape index (κ1) is 11.8. The van der Waals surface area contributed by atoms with E-state index in [4.69, 9.17) is 4.74 Å². The molecule has 0 amide bonds. The summed E-state index contributed by atoms with van der Waals surface area (Å²) in [5.41, 5.74) is 1.45. The highest BCUT2D eigenvalue weighted by Gasteiger charge is 2.06. The van der Waals surface area contributed by atoms with Crippen LogP contribution in [-0.2, 0) is 0 Å². The lowest BCUT2D eigenvalue weighted by Crippen LogP contribution is -2.01. The lowest BCUT2D eigenvalue weighted by atomic mass is 9.92. The average Bonchev–Trinajstić information content (AvgIpc) is 2.17. The van der Waals surface area contributed by atoms with Crippen LogP contribution in [0.2, 0.25) is 0 Å². The van der Waals surface area contributed by atoms with Gasteiger partial charge < -0.3 is 4.74 Å². The summed E-state index contributed by atoms with van der Waals surface area (Å²) in [4.78, 5) is 4.14. The molecule has 2 nitrogen and oxygen atoms in total. The summed E-state index contributed by atoms with van der Waals surface area (Å²) in [5.74, 6) is 0.656. The Morgan fingerprint density at radius 1 is 1.33 bits per heavy atom. The Balaban J connectivity index is 2.57. The monoisotopic (exact) mass is 205 g/mol. The van der Waals surface area contributed by atoms with Crippen molar-refractivity contribution >= 4 is 6.08 Å². The first-order chi connectivity index (χ1) is 7.01. The first-order valence-electron chi connectivity index (χ1n) is 5.18. The van der Waals surface area contributed by atoms with Gasteiger partial charge in [-0.15, -0.1) is 0 Å². The quantitative estimate of drug-likeness (QED) is 0.753. The molecule has 0 aromatic carbocycles. The zero-order valence-electron chi connectivity index (χ0n) is 9.95. The van der Waals surface area contributed by atoms with Gasteiger partial charge in [-0.1, -0.05) is 32.9 Å². The number of rotatable bonds is 3. The van der Waals surface area contributed by atoms with Gasteiger partial charge in [-0.25, -0.2) is 4.98 Å². The van der Waals surface area contributed by atoms with Crippen molar-refractivity contribution in [2.45, 2.75) is 27.2 Å². The van der Waals surface area contributed by atoms with Gasteiger partial charge in [-0.05, 0) is 23.5 Å². The molecule has 1 aromatic heterocycles. The van der Waals surface area contributed by atoms with Crippen molar-refractivity contribution in [3.05, 3.63) is 30.0 Å². The highest BCUT2D eigenvalue weighted by molar-refractivity contribution is 5.48. The van der Waals surface area contributed by atoms with Gasteiger partial charge in [0.05, 0.1) is 7.11 Å². The Morgan fingerprint density at radius 2 is 2.07 bits per heavy atom. The van der Waals surface area contributed by atoms with Gasteiger partial charge in [-0.3, -0.25) is 0 Å². The Labute approximate surface area is 92.0 Å². The smallest absolute Gasteiger partial charge is 0.212 e. The summed E-state index contributed by atoms with van der Waals surface area (Å²) >= 11 is 0. The van der Waals surface area contributed by atoms with Crippen LogP contribution >= 0.6 is 0 Å². The molecule has 0 fully saturated rings. The second-order valence-electron chi connectivity index (χ2n) is 4.80. The van der Waals surface area contributed by atoms with Gasteiger partial charge in [-0.2, -0.15) is 0 Å². The molecule has 0 aliphatic rings. The molecule has 0 radical (unpaired) electrons. The fourth-order valence-corrected chi connectivity index (χ4v) is 1.16. The summed E-state index contributed by atoms with van der Waals surface area (Å²) in [6.45, 7) is 6.68. The number of methoxy groups -OCH3 is 1. The third-order valence-corrected chi connectivity index (χ3v) is 2.01. The topological polar surface area (TPSA) is 22.1 Å². The molecular formula is C13H19NO. The first-order valence-corrected chi connectivity index (χ1v) is 5.18. The zero-order valence-corrected chi connectivity index (χ0v) is 9.95. The molecule has 0 spiro atoms. The van der Waals surface area contributed by atoms with E-state index in [9.17, 15) is 0 Å². The molecule has 1 aromatic rings. The van der Waals surface area contributed by atoms with E-state index in [1.165, 1.54) is 0 Å². The van der Waals surface area contributed by atoms with E-state index in [0.29, 0.717) is 11.3 Å². The molecule has 0 aliphatic carbocycles. The number of aromatic nitrogens is 1. The van der Waals surface area contributed by atoms with Crippen LogP contribution in [0, 0.1) is 5.41 Å². The second kappa shape index (κ2) is 4.96. The van der Waals surface area contributed by atoms with E-state index in [0.717, 1.165) is 12.0 Å². The van der Waals surface area contributed by atoms with E-state index in [1.807, 2.05) is 18.3 Å². The van der Waals surface area contributed by atoms with E-state index >= 15 is 0 Å². The van der Waals surface area contributed by atoms with Crippen LogP contribution in [0.5, 0.6) is 5.88 Å². The van der Waals surface area contributed by atoms with Crippen molar-refractivity contribution in [1.82, 2.24) is 4.98 Å². The van der Waals surface area contributed by atoms with Gasteiger partial charge >= 0.3 is 0 Å². The molecule has 15 heavy (non-hydrogen) atoms. The van der Waals surface area contributed by atoms with Crippen molar-refractivity contribution in [3.63, 3.8) is 0 Å². The molecular weight excluding hydrogens is 186 g/mol. The van der Waals surface area contributed by atoms with Crippen molar-refractivity contribution in [2.24, 2.45) is 5.41 Å². The maximum absolute atomic E-state index is 4.99. The Hall–Kier alpha value is -1.31. The molecule has 0 bridgehead atoms. The Morgan fingerprint density at radius 3 is 2.53 bits per heavy atom. The molecule has 1 heterocycles. The number of ether oxygens (including phenoxy) is 1. The van der Waals surface area contributed by atoms with Gasteiger partial charge in [0.1, 0.15) is 0 Å². The maximum atomic E-state index is 4.99. The normalized spacial score (nSPS) is 12.0. The minimum absolute atomic E-state index is 0.344. The fourth-order valence-electron chi connectivity index (χ4n) is 1.16. The van der Waals surface area contributed by atoms with Crippen molar-refractivity contribution in [2.75, 3.05) is 7.11 Å². The van der Waals surface area contributed by atoms with Crippen LogP contribution in [0.4, 0.5) is 0 Å². The van der Waals surface area contributed by atoms with Gasteiger partial charge in [0.15, 0.2) is 0 Å². The number of pyridine rings is 1. The van der Waals surface area contributed by atoms with Crippen LogP contribution in [0.15, 0.2) is 24.4 Å². The van der Waals surface area contributed by atoms with Crippen molar-refractivity contribution in [1.29, 1.82) is 0 Å². The predicted octanol–water partition coefficient (Wildman–Crippen LogP) is 3.54. The van der Waals surface area contributed by atoms with Gasteiger partial charge in [0, 0.05) is 12.3 Å². The largest absolute Gasteiger partial charge is 0.481 e. The van der Waals surface area contributed by atoms with Crippen molar-refractivity contribution in [3.8, 4) is 5.88 Å². The molecule has 0 atom stereocenters. The summed E-state index contributed by atoms with van der Waals surface area (Å²) < 4.78 is 4.99. The fraction of sp³-hybridized carbons (Fsp3) is 0.462. The second-order valence-corrected chi connectivity index (χ2v) is 4.80. The van der Waals surface area contributed by atoms with Crippen LogP contribution in [0.25, 0.3) is 6.08 Å². The SMILES string of the molecule is COc1ccc(/C=C/CC(C)(C)C)cn1. The lowest BCUT2D eigenvalue weighted by Gasteiger charge is -2.14. The van der Waals surface area contributed by atoms with E-state index < -0.39 is 0 Å². The van der Waals surface area contributed by atoms with Crippen LogP contribution in [0.1, 0.15) is 32.8 Å². The molecule has 0 N–H and O–H groups in total. The third-order valence-electron chi connectivity index (χ3n) is 2.01. The number of hydrogen-bond donors (Lipinski definition) is 0. The van der Waals surface area contributed by atoms with E-state index in [1.54, 1.807) is 7.11 Å². The van der Waals surface area contributed by atoms with E-state index in [2.05, 4.69) is 37.9 Å². The van der Waals surface area contributed by atoms with E-state index in [-0.39, 0.29) is 0 Å². The summed E-state index contributed by atoms with van der Waals surface area (Å²) in [5, 5.41) is 0. The highest BCUT2D eigenvalue weighted by atomic mass is 16.5. The number of allylic oxidation sites excluding steroid dienone is 1. The van der Waals surface area contributed by atoms with Gasteiger partial charge in [0.2, 0.25) is 5.88 Å². The molecule has 0 unspecified atom stereocenters. The molecule has 0 saturated carbocycles. The Kier molecular flexibility index (Phi) is 3.89.